The van der Waals surface area contributed by atoms with Gasteiger partial charge >= 0.3 is 19.5 Å². The van der Waals surface area contributed by atoms with E-state index in [4.69, 9.17) is 29.0 Å². The number of carbonyl (C=O) groups excluding carboxylic acids is 1. The zero-order valence-corrected chi connectivity index (χ0v) is 23.1. The molecule has 0 saturated carbocycles. The number of carboxylic acid groups (broad SMARTS) is 1. The summed E-state index contributed by atoms with van der Waals surface area (Å²) in [6.45, 7) is -0.741. The molecule has 11 atom stereocenters. The number of ether oxygens (including phenoxy) is 3. The van der Waals surface area contributed by atoms with Crippen molar-refractivity contribution < 1.29 is 72.9 Å². The molecule has 0 aromatic carbocycles. The molecule has 2 aliphatic rings. The van der Waals surface area contributed by atoms with Crippen LogP contribution in [0.5, 0.6) is 0 Å². The van der Waals surface area contributed by atoms with E-state index in [1.807, 2.05) is 0 Å². The van der Waals surface area contributed by atoms with Gasteiger partial charge in [0.1, 0.15) is 42.4 Å². The molecular weight excluding hydrogens is 595 g/mol. The summed E-state index contributed by atoms with van der Waals surface area (Å²) < 4.78 is 39.0. The smallest absolute Gasteiger partial charge is 0.475 e. The zero-order chi connectivity index (χ0) is 31.6. The van der Waals surface area contributed by atoms with Crippen LogP contribution in [-0.4, -0.2) is 132 Å². The van der Waals surface area contributed by atoms with Crippen LogP contribution in [-0.2, 0) is 37.4 Å². The van der Waals surface area contributed by atoms with E-state index in [0.717, 1.165) is 24.8 Å². The van der Waals surface area contributed by atoms with Crippen LogP contribution in [0.3, 0.4) is 0 Å². The average molecular weight is 628 g/mol. The van der Waals surface area contributed by atoms with E-state index < -0.39 is 106 Å². The molecule has 21 heteroatoms. The monoisotopic (exact) mass is 628 g/mol. The maximum atomic E-state index is 12.9. The van der Waals surface area contributed by atoms with Crippen LogP contribution < -0.4 is 16.7 Å². The lowest BCUT2D eigenvalue weighted by Crippen LogP contribution is -2.67. The lowest BCUT2D eigenvalue weighted by molar-refractivity contribution is -0.289. The minimum atomic E-state index is -5.49. The number of carboxylic acids is 1. The molecule has 1 aromatic heterocycles. The molecule has 0 radical (unpaired) electrons. The van der Waals surface area contributed by atoms with Gasteiger partial charge in [-0.15, -0.1) is 0 Å². The van der Waals surface area contributed by atoms with Crippen LogP contribution in [0.15, 0.2) is 17.1 Å². The normalized spacial score (nSPS) is 34.3. The first-order valence-electron chi connectivity index (χ1n) is 12.3. The largest absolute Gasteiger partial charge is 0.477 e. The maximum Gasteiger partial charge on any atom is 0.475 e. The number of hydrogen-bond donors (Lipinski definition) is 9. The summed E-state index contributed by atoms with van der Waals surface area (Å²) in [5.41, 5.74) is 4.49. The van der Waals surface area contributed by atoms with Crippen molar-refractivity contribution in [3.05, 3.63) is 22.7 Å². The number of phosphoric ester groups is 1. The van der Waals surface area contributed by atoms with E-state index in [-0.39, 0.29) is 5.82 Å². The lowest BCUT2D eigenvalue weighted by Gasteiger charge is -2.46. The fourth-order valence-electron chi connectivity index (χ4n) is 4.52. The van der Waals surface area contributed by atoms with E-state index in [1.54, 1.807) is 0 Å². The van der Waals surface area contributed by atoms with Crippen molar-refractivity contribution in [1.82, 2.24) is 14.9 Å². The molecule has 0 aliphatic carbocycles. The Morgan fingerprint density at radius 1 is 1.33 bits per heavy atom. The number of amides is 1. The number of phosphoric acid groups is 1. The second-order valence-corrected chi connectivity index (χ2v) is 10.9. The molecule has 0 spiro atoms. The molecule has 238 valence electrons. The Kier molecular flexibility index (Phi) is 10.8. The number of carbonyl (C=O) groups is 2. The predicted molar refractivity (Wildman–Crippen MR) is 133 cm³/mol. The van der Waals surface area contributed by atoms with E-state index in [2.05, 4.69) is 10.3 Å². The van der Waals surface area contributed by atoms with Gasteiger partial charge in [0, 0.05) is 26.7 Å². The number of aromatic nitrogens is 2. The summed E-state index contributed by atoms with van der Waals surface area (Å²) in [6, 6.07) is -0.271. The van der Waals surface area contributed by atoms with Crippen molar-refractivity contribution in [2.45, 2.75) is 74.1 Å². The van der Waals surface area contributed by atoms with Crippen LogP contribution in [0.4, 0.5) is 5.82 Å². The number of rotatable bonds is 12. The summed E-state index contributed by atoms with van der Waals surface area (Å²) in [5.74, 6) is -6.04. The van der Waals surface area contributed by atoms with Crippen LogP contribution in [0.1, 0.15) is 19.6 Å². The second-order valence-electron chi connectivity index (χ2n) is 9.53. The molecule has 1 aromatic rings. The van der Waals surface area contributed by atoms with Gasteiger partial charge in [-0.3, -0.25) is 13.9 Å². The van der Waals surface area contributed by atoms with Gasteiger partial charge in [0.05, 0.1) is 25.4 Å². The number of hydrogen-bond acceptors (Lipinski definition) is 16. The third kappa shape index (κ3) is 7.30. The molecule has 1 amide bonds. The number of anilines is 1. The molecule has 10 N–H and O–H groups in total. The fraction of sp³-hybridized carbons (Fsp3) is 0.714. The van der Waals surface area contributed by atoms with E-state index in [0.29, 0.717) is 0 Å². The highest BCUT2D eigenvalue weighted by Gasteiger charge is 2.59. The zero-order valence-electron chi connectivity index (χ0n) is 22.2. The minimum absolute atomic E-state index is 0.128. The van der Waals surface area contributed by atoms with Crippen LogP contribution in [0, 0.1) is 0 Å². The number of nitrogen functional groups attached to an aromatic ring is 1. The molecule has 1 unspecified atom stereocenters. The first-order chi connectivity index (χ1) is 19.6. The van der Waals surface area contributed by atoms with Crippen LogP contribution >= 0.6 is 7.82 Å². The third-order valence-corrected chi connectivity index (χ3v) is 7.60. The van der Waals surface area contributed by atoms with Gasteiger partial charge in [0.15, 0.2) is 6.23 Å². The van der Waals surface area contributed by atoms with Crippen LogP contribution in [0.25, 0.3) is 0 Å². The molecule has 2 fully saturated rings. The topological polar surface area (TPSA) is 312 Å². The molecule has 2 aliphatic heterocycles. The fourth-order valence-corrected chi connectivity index (χ4v) is 5.48. The number of aliphatic carboxylic acids is 1. The van der Waals surface area contributed by atoms with Crippen molar-refractivity contribution in [3.8, 4) is 0 Å². The molecule has 0 bridgehead atoms. The summed E-state index contributed by atoms with van der Waals surface area (Å²) in [6.07, 6.45) is -13.5. The van der Waals surface area contributed by atoms with Crippen molar-refractivity contribution >= 4 is 25.5 Å². The van der Waals surface area contributed by atoms with Crippen molar-refractivity contribution in [1.29, 1.82) is 0 Å². The Morgan fingerprint density at radius 2 is 2.00 bits per heavy atom. The number of nitrogens with two attached hydrogens (primary N) is 1. The summed E-state index contributed by atoms with van der Waals surface area (Å²) >= 11 is 0. The number of nitrogens with one attached hydrogen (secondary N) is 1. The Hall–Kier alpha value is -2.59. The Bertz CT molecular complexity index is 1230. The molecular formula is C21H33N4O16P. The quantitative estimate of drug-likeness (QED) is 0.0983. The highest BCUT2D eigenvalue weighted by molar-refractivity contribution is 7.47. The predicted octanol–water partition coefficient (Wildman–Crippen LogP) is -4.62. The van der Waals surface area contributed by atoms with Gasteiger partial charge in [0.25, 0.3) is 5.79 Å². The Balaban J connectivity index is 1.80. The molecule has 2 saturated heterocycles. The van der Waals surface area contributed by atoms with E-state index in [1.165, 1.54) is 6.07 Å². The number of methoxy groups -OCH3 is 1. The SMILES string of the molecule is CO[C@H](CO)[C@@H](O)[C@@H]1O[C@](OP(=O)(O)OC[C@H]2O[C@@H](n3ccc(N)nc3=O)[C@H](O)[C@@H]2O)(C(=O)O)C[C@H](O)[C@H]1NC(C)=O. The lowest BCUT2D eigenvalue weighted by atomic mass is 9.88. The van der Waals surface area contributed by atoms with Gasteiger partial charge in [-0.05, 0) is 6.07 Å². The second kappa shape index (κ2) is 13.4. The summed E-state index contributed by atoms with van der Waals surface area (Å²) in [5, 5.41) is 63.8. The van der Waals surface area contributed by atoms with Gasteiger partial charge < -0.3 is 60.8 Å². The third-order valence-electron chi connectivity index (χ3n) is 6.60. The molecule has 3 heterocycles. The van der Waals surface area contributed by atoms with Gasteiger partial charge in [-0.2, -0.15) is 4.98 Å². The molecule has 3 rings (SSSR count). The number of aliphatic hydroxyl groups is 5. The maximum absolute atomic E-state index is 12.9. The number of nitrogens with zero attached hydrogens (tertiary/aromatic N) is 2. The molecule has 42 heavy (non-hydrogen) atoms. The van der Waals surface area contributed by atoms with Crippen molar-refractivity contribution in [2.75, 3.05) is 26.1 Å². The first-order valence-corrected chi connectivity index (χ1v) is 13.8. The van der Waals surface area contributed by atoms with E-state index >= 15 is 0 Å². The Morgan fingerprint density at radius 3 is 2.55 bits per heavy atom. The van der Waals surface area contributed by atoms with Gasteiger partial charge in [0.2, 0.25) is 5.91 Å². The Labute approximate surface area is 236 Å². The van der Waals surface area contributed by atoms with E-state index in [9.17, 15) is 54.5 Å². The highest BCUT2D eigenvalue weighted by atomic mass is 31.2. The van der Waals surface area contributed by atoms with Gasteiger partial charge in [-0.25, -0.2) is 18.7 Å². The van der Waals surface area contributed by atoms with Crippen LogP contribution in [0.2, 0.25) is 0 Å². The summed E-state index contributed by atoms with van der Waals surface area (Å²) in [4.78, 5) is 49.9. The van der Waals surface area contributed by atoms with Gasteiger partial charge in [-0.1, -0.05) is 0 Å². The average Bonchev–Trinajstić information content (AvgIpc) is 3.17. The summed E-state index contributed by atoms with van der Waals surface area (Å²) in [7, 11) is -4.40. The minimum Gasteiger partial charge on any atom is -0.477 e. The number of aliphatic hydroxyl groups excluding tert-OH is 5. The standard InChI is InChI=1S/C21H33N4O16P/c1-8(27)23-13-9(28)5-21(19(32)33,40-17(13)15(30)10(6-26)37-2)41-42(35,36)38-7-11-14(29)16(31)18(39-11)25-4-3-12(22)24-20(25)34/h3-4,9-11,13-18,26,28-31H,5-7H2,1-2H3,(H,23,27)(H,32,33)(H,35,36)(H2,22,24,34)/t9-,10+,11+,13+,14+,15+,16+,17+,18+,21+/m0/s1. The highest BCUT2D eigenvalue weighted by Crippen LogP contribution is 2.51. The molecule has 20 nitrogen and oxygen atoms in total. The van der Waals surface area contributed by atoms with Crippen molar-refractivity contribution in [2.24, 2.45) is 0 Å². The first kappa shape index (κ1) is 33.9. The van der Waals surface area contributed by atoms with Crippen molar-refractivity contribution in [3.63, 3.8) is 0 Å².